The van der Waals surface area contributed by atoms with E-state index >= 15 is 0 Å². The van der Waals surface area contributed by atoms with Crippen LogP contribution in [0.25, 0.3) is 17.4 Å². The molecule has 0 amide bonds. The summed E-state index contributed by atoms with van der Waals surface area (Å²) in [7, 11) is 1.34. The first-order valence-corrected chi connectivity index (χ1v) is 6.39. The van der Waals surface area contributed by atoms with Gasteiger partial charge in [-0.25, -0.2) is 4.79 Å². The second kappa shape index (κ2) is 5.86. The van der Waals surface area contributed by atoms with Gasteiger partial charge in [0.05, 0.1) is 7.11 Å². The Morgan fingerprint density at radius 1 is 1.22 bits per heavy atom. The molecule has 1 aromatic heterocycles. The van der Waals surface area contributed by atoms with Crippen molar-refractivity contribution >= 4 is 34.6 Å². The van der Waals surface area contributed by atoms with Crippen molar-refractivity contribution in [2.24, 2.45) is 0 Å². The van der Waals surface area contributed by atoms with Gasteiger partial charge >= 0.3 is 5.97 Å². The molecule has 0 saturated carbocycles. The summed E-state index contributed by atoms with van der Waals surface area (Å²) < 4.78 is 11.3. The van der Waals surface area contributed by atoms with E-state index in [1.807, 2.05) is 36.4 Å². The number of hydrogen-bond acceptors (Lipinski definition) is 3. The highest BCUT2D eigenvalue weighted by Crippen LogP contribution is 2.23. The number of benzene rings is 1. The number of carbonyl (C=O) groups excluding carboxylic acids is 1. The molecule has 2 aromatic rings. The van der Waals surface area contributed by atoms with Gasteiger partial charge in [-0.15, -0.1) is 0 Å². The molecular formula is C14H11IO3. The van der Waals surface area contributed by atoms with Crippen LogP contribution in [-0.2, 0) is 9.53 Å². The molecule has 0 bridgehead atoms. The molecule has 92 valence electrons. The number of methoxy groups -OCH3 is 1. The van der Waals surface area contributed by atoms with Gasteiger partial charge in [0.1, 0.15) is 11.5 Å². The lowest BCUT2D eigenvalue weighted by Gasteiger charge is -1.96. The third kappa shape index (κ3) is 3.22. The first-order chi connectivity index (χ1) is 8.69. The molecule has 0 aliphatic rings. The molecule has 0 radical (unpaired) electrons. The van der Waals surface area contributed by atoms with E-state index in [2.05, 4.69) is 27.3 Å². The molecule has 4 heteroatoms. The zero-order valence-corrected chi connectivity index (χ0v) is 11.9. The van der Waals surface area contributed by atoms with E-state index in [4.69, 9.17) is 4.42 Å². The molecule has 0 atom stereocenters. The fourth-order valence-electron chi connectivity index (χ4n) is 1.43. The highest BCUT2D eigenvalue weighted by Gasteiger charge is 2.03. The molecule has 2 rings (SSSR count). The lowest BCUT2D eigenvalue weighted by molar-refractivity contribution is -0.134. The number of carbonyl (C=O) groups is 1. The van der Waals surface area contributed by atoms with Crippen LogP contribution in [-0.4, -0.2) is 13.1 Å². The van der Waals surface area contributed by atoms with Gasteiger partial charge in [0.25, 0.3) is 0 Å². The van der Waals surface area contributed by atoms with Crippen LogP contribution in [0.3, 0.4) is 0 Å². The van der Waals surface area contributed by atoms with Gasteiger partial charge in [-0.1, -0.05) is 12.1 Å². The second-order valence-corrected chi connectivity index (χ2v) is 4.81. The average molecular weight is 354 g/mol. The number of esters is 1. The molecule has 18 heavy (non-hydrogen) atoms. The zero-order chi connectivity index (χ0) is 13.0. The molecule has 0 aliphatic carbocycles. The Hall–Kier alpha value is -1.56. The van der Waals surface area contributed by atoms with Gasteiger partial charge in [-0.05, 0) is 52.9 Å². The first kappa shape index (κ1) is 12.9. The topological polar surface area (TPSA) is 39.4 Å². The number of ether oxygens (including phenoxy) is 1. The molecule has 0 fully saturated rings. The Labute approximate surface area is 119 Å². The third-order valence-electron chi connectivity index (χ3n) is 2.34. The summed E-state index contributed by atoms with van der Waals surface area (Å²) in [5.41, 5.74) is 1.01. The number of rotatable bonds is 3. The molecule has 0 aliphatic heterocycles. The van der Waals surface area contributed by atoms with Crippen LogP contribution >= 0.6 is 22.6 Å². The summed E-state index contributed by atoms with van der Waals surface area (Å²) in [6.45, 7) is 0. The average Bonchev–Trinajstić information content (AvgIpc) is 2.85. The molecule has 0 unspecified atom stereocenters. The summed E-state index contributed by atoms with van der Waals surface area (Å²) in [5.74, 6) is 0.993. The Morgan fingerprint density at radius 2 is 1.94 bits per heavy atom. The highest BCUT2D eigenvalue weighted by molar-refractivity contribution is 14.1. The number of halogens is 1. The summed E-state index contributed by atoms with van der Waals surface area (Å²) in [4.78, 5) is 10.9. The van der Waals surface area contributed by atoms with Gasteiger partial charge in [-0.2, -0.15) is 0 Å². The van der Waals surface area contributed by atoms with Gasteiger partial charge in [0.15, 0.2) is 0 Å². The lowest BCUT2D eigenvalue weighted by Crippen LogP contribution is -1.92. The largest absolute Gasteiger partial charge is 0.466 e. The summed E-state index contributed by atoms with van der Waals surface area (Å²) in [6, 6.07) is 11.7. The van der Waals surface area contributed by atoms with E-state index in [-0.39, 0.29) is 0 Å². The maximum absolute atomic E-state index is 10.9. The summed E-state index contributed by atoms with van der Waals surface area (Å²) in [6.07, 6.45) is 2.92. The molecule has 3 nitrogen and oxygen atoms in total. The van der Waals surface area contributed by atoms with Crippen LogP contribution in [0.5, 0.6) is 0 Å². The minimum Gasteiger partial charge on any atom is -0.466 e. The Bertz CT molecular complexity index is 567. The van der Waals surface area contributed by atoms with Crippen molar-refractivity contribution in [3.05, 3.63) is 51.8 Å². The molecule has 1 heterocycles. The van der Waals surface area contributed by atoms with Gasteiger partial charge in [-0.3, -0.25) is 0 Å². The standard InChI is InChI=1S/C14H11IO3/c1-17-14(16)9-7-12-6-8-13(18-12)10-2-4-11(15)5-3-10/h2-9H,1H3/b9-7+. The molecule has 0 spiro atoms. The van der Waals surface area contributed by atoms with E-state index in [1.165, 1.54) is 16.8 Å². The first-order valence-electron chi connectivity index (χ1n) is 5.31. The van der Waals surface area contributed by atoms with Crippen LogP contribution in [0, 0.1) is 3.57 Å². The van der Waals surface area contributed by atoms with Crippen molar-refractivity contribution in [1.29, 1.82) is 0 Å². The van der Waals surface area contributed by atoms with Crippen molar-refractivity contribution in [3.8, 4) is 11.3 Å². The summed E-state index contributed by atoms with van der Waals surface area (Å²) >= 11 is 2.25. The van der Waals surface area contributed by atoms with Crippen molar-refractivity contribution in [2.75, 3.05) is 7.11 Å². The SMILES string of the molecule is COC(=O)/C=C/c1ccc(-c2ccc(I)cc2)o1. The Kier molecular flexibility index (Phi) is 4.19. The van der Waals surface area contributed by atoms with Crippen LogP contribution in [0.2, 0.25) is 0 Å². The van der Waals surface area contributed by atoms with Crippen LogP contribution in [0.15, 0.2) is 46.9 Å². The quantitative estimate of drug-likeness (QED) is 0.479. The fraction of sp³-hybridized carbons (Fsp3) is 0.0714. The monoisotopic (exact) mass is 354 g/mol. The van der Waals surface area contributed by atoms with Gasteiger partial charge < -0.3 is 9.15 Å². The van der Waals surface area contributed by atoms with Crippen LogP contribution < -0.4 is 0 Å². The normalized spacial score (nSPS) is 10.8. The maximum atomic E-state index is 10.9. The van der Waals surface area contributed by atoms with Crippen LogP contribution in [0.1, 0.15) is 5.76 Å². The van der Waals surface area contributed by atoms with E-state index < -0.39 is 5.97 Å². The second-order valence-electron chi connectivity index (χ2n) is 3.57. The van der Waals surface area contributed by atoms with Gasteiger partial charge in [0.2, 0.25) is 0 Å². The van der Waals surface area contributed by atoms with E-state index in [0.29, 0.717) is 5.76 Å². The van der Waals surface area contributed by atoms with Crippen molar-refractivity contribution in [1.82, 2.24) is 0 Å². The number of furan rings is 1. The van der Waals surface area contributed by atoms with E-state index in [9.17, 15) is 4.79 Å². The van der Waals surface area contributed by atoms with Crippen molar-refractivity contribution < 1.29 is 13.9 Å². The minimum absolute atomic E-state index is 0.401. The van der Waals surface area contributed by atoms with Gasteiger partial charge in [0, 0.05) is 15.2 Å². The van der Waals surface area contributed by atoms with Crippen LogP contribution in [0.4, 0.5) is 0 Å². The highest BCUT2D eigenvalue weighted by atomic mass is 127. The predicted molar refractivity (Wildman–Crippen MR) is 77.9 cm³/mol. The zero-order valence-electron chi connectivity index (χ0n) is 9.72. The minimum atomic E-state index is -0.401. The molecule has 1 aromatic carbocycles. The maximum Gasteiger partial charge on any atom is 0.330 e. The lowest BCUT2D eigenvalue weighted by atomic mass is 10.2. The predicted octanol–water partition coefficient (Wildman–Crippen LogP) is 3.74. The Morgan fingerprint density at radius 3 is 2.61 bits per heavy atom. The molecular weight excluding hydrogens is 343 g/mol. The molecule has 0 saturated heterocycles. The van der Waals surface area contributed by atoms with E-state index in [1.54, 1.807) is 6.08 Å². The van der Waals surface area contributed by atoms with Crippen molar-refractivity contribution in [3.63, 3.8) is 0 Å². The Balaban J connectivity index is 2.18. The fourth-order valence-corrected chi connectivity index (χ4v) is 1.79. The summed E-state index contributed by atoms with van der Waals surface area (Å²) in [5, 5.41) is 0. The van der Waals surface area contributed by atoms with Crippen molar-refractivity contribution in [2.45, 2.75) is 0 Å². The van der Waals surface area contributed by atoms with E-state index in [0.717, 1.165) is 11.3 Å². The number of hydrogen-bond donors (Lipinski definition) is 0. The third-order valence-corrected chi connectivity index (χ3v) is 3.06. The smallest absolute Gasteiger partial charge is 0.330 e. The molecule has 0 N–H and O–H groups in total.